The highest BCUT2D eigenvalue weighted by atomic mass is 79.9. The first-order valence-corrected chi connectivity index (χ1v) is 7.51. The van der Waals surface area contributed by atoms with Gasteiger partial charge >= 0.3 is 0 Å². The lowest BCUT2D eigenvalue weighted by Gasteiger charge is -2.23. The SMILES string of the molecule is CCC(CC)C(CN)Sc1ccccc1Br. The smallest absolute Gasteiger partial charge is 0.0311 e. The molecule has 0 aliphatic heterocycles. The molecule has 90 valence electrons. The van der Waals surface area contributed by atoms with Crippen LogP contribution in [-0.4, -0.2) is 11.8 Å². The highest BCUT2D eigenvalue weighted by Gasteiger charge is 2.18. The van der Waals surface area contributed by atoms with Crippen LogP contribution in [0, 0.1) is 5.92 Å². The molecule has 1 rings (SSSR count). The van der Waals surface area contributed by atoms with Gasteiger partial charge in [-0.05, 0) is 34.0 Å². The minimum absolute atomic E-state index is 0.522. The molecule has 16 heavy (non-hydrogen) atoms. The number of nitrogens with two attached hydrogens (primary N) is 1. The van der Waals surface area contributed by atoms with Gasteiger partial charge in [0.2, 0.25) is 0 Å². The normalized spacial score (nSPS) is 13.1. The zero-order valence-corrected chi connectivity index (χ0v) is 12.4. The van der Waals surface area contributed by atoms with E-state index < -0.39 is 0 Å². The molecule has 0 saturated heterocycles. The van der Waals surface area contributed by atoms with Crippen molar-refractivity contribution in [3.05, 3.63) is 28.7 Å². The average Bonchev–Trinajstić information content (AvgIpc) is 2.31. The van der Waals surface area contributed by atoms with Gasteiger partial charge in [0.25, 0.3) is 0 Å². The molecule has 0 aliphatic carbocycles. The van der Waals surface area contributed by atoms with Crippen LogP contribution in [0.5, 0.6) is 0 Å². The number of benzene rings is 1. The lowest BCUT2D eigenvalue weighted by atomic mass is 9.99. The Morgan fingerprint density at radius 3 is 2.38 bits per heavy atom. The minimum atomic E-state index is 0.522. The minimum Gasteiger partial charge on any atom is -0.329 e. The predicted molar refractivity (Wildman–Crippen MR) is 76.9 cm³/mol. The van der Waals surface area contributed by atoms with Gasteiger partial charge in [0.15, 0.2) is 0 Å². The maximum Gasteiger partial charge on any atom is 0.0311 e. The van der Waals surface area contributed by atoms with E-state index in [-0.39, 0.29) is 0 Å². The van der Waals surface area contributed by atoms with Gasteiger partial charge in [-0.1, -0.05) is 38.8 Å². The molecule has 1 nitrogen and oxygen atoms in total. The monoisotopic (exact) mass is 301 g/mol. The van der Waals surface area contributed by atoms with Crippen molar-refractivity contribution in [3.8, 4) is 0 Å². The topological polar surface area (TPSA) is 26.0 Å². The van der Waals surface area contributed by atoms with Crippen molar-refractivity contribution in [3.63, 3.8) is 0 Å². The van der Waals surface area contributed by atoms with Crippen molar-refractivity contribution >= 4 is 27.7 Å². The van der Waals surface area contributed by atoms with Gasteiger partial charge in [-0.15, -0.1) is 11.8 Å². The molecular weight excluding hydrogens is 282 g/mol. The van der Waals surface area contributed by atoms with Gasteiger partial charge in [0.1, 0.15) is 0 Å². The molecule has 1 aromatic carbocycles. The first-order chi connectivity index (χ1) is 7.72. The molecule has 0 aromatic heterocycles. The van der Waals surface area contributed by atoms with Crippen molar-refractivity contribution in [2.75, 3.05) is 6.54 Å². The number of rotatable bonds is 6. The highest BCUT2D eigenvalue weighted by Crippen LogP contribution is 2.34. The standard InChI is InChI=1S/C13H20BrNS/c1-3-10(4-2)13(9-15)16-12-8-6-5-7-11(12)14/h5-8,10,13H,3-4,9,15H2,1-2H3. The molecule has 1 aromatic rings. The van der Waals surface area contributed by atoms with E-state index in [9.17, 15) is 0 Å². The van der Waals surface area contributed by atoms with Crippen LogP contribution < -0.4 is 5.73 Å². The van der Waals surface area contributed by atoms with Crippen LogP contribution in [0.3, 0.4) is 0 Å². The van der Waals surface area contributed by atoms with Gasteiger partial charge in [-0.2, -0.15) is 0 Å². The fraction of sp³-hybridized carbons (Fsp3) is 0.538. The van der Waals surface area contributed by atoms with E-state index in [1.165, 1.54) is 22.2 Å². The number of hydrogen-bond donors (Lipinski definition) is 1. The summed E-state index contributed by atoms with van der Waals surface area (Å²) >= 11 is 5.49. The first-order valence-electron chi connectivity index (χ1n) is 5.84. The van der Waals surface area contributed by atoms with E-state index in [0.717, 1.165) is 6.54 Å². The first kappa shape index (κ1) is 14.1. The van der Waals surface area contributed by atoms with Crippen LogP contribution in [0.25, 0.3) is 0 Å². The molecule has 0 bridgehead atoms. The van der Waals surface area contributed by atoms with E-state index in [1.54, 1.807) is 0 Å². The fourth-order valence-electron chi connectivity index (χ4n) is 1.85. The Balaban J connectivity index is 2.73. The summed E-state index contributed by atoms with van der Waals surface area (Å²) in [5.74, 6) is 0.710. The second kappa shape index (κ2) is 7.36. The lowest BCUT2D eigenvalue weighted by molar-refractivity contribution is 0.475. The summed E-state index contributed by atoms with van der Waals surface area (Å²) in [5.41, 5.74) is 5.89. The summed E-state index contributed by atoms with van der Waals surface area (Å²) in [4.78, 5) is 1.30. The van der Waals surface area contributed by atoms with Crippen molar-refractivity contribution in [2.45, 2.75) is 36.8 Å². The van der Waals surface area contributed by atoms with E-state index >= 15 is 0 Å². The Kier molecular flexibility index (Phi) is 6.47. The number of thioether (sulfide) groups is 1. The third-order valence-electron chi connectivity index (χ3n) is 2.92. The Hall–Kier alpha value is 0.01000. The molecule has 0 spiro atoms. The third-order valence-corrected chi connectivity index (χ3v) is 5.37. The second-order valence-electron chi connectivity index (χ2n) is 3.90. The van der Waals surface area contributed by atoms with Crippen LogP contribution in [0.2, 0.25) is 0 Å². The van der Waals surface area contributed by atoms with Gasteiger partial charge in [0, 0.05) is 21.2 Å². The summed E-state index contributed by atoms with van der Waals surface area (Å²) in [6, 6.07) is 8.36. The predicted octanol–water partition coefficient (Wildman–Crippen LogP) is 4.30. The number of halogens is 1. The molecule has 0 heterocycles. The molecule has 3 heteroatoms. The number of hydrogen-bond acceptors (Lipinski definition) is 2. The quantitative estimate of drug-likeness (QED) is 0.793. The lowest BCUT2D eigenvalue weighted by Crippen LogP contribution is -2.25. The summed E-state index contributed by atoms with van der Waals surface area (Å²) in [6.45, 7) is 5.24. The van der Waals surface area contributed by atoms with Gasteiger partial charge in [-0.25, -0.2) is 0 Å². The van der Waals surface area contributed by atoms with Crippen LogP contribution >= 0.6 is 27.7 Å². The Bertz CT molecular complexity index is 313. The molecule has 0 radical (unpaired) electrons. The van der Waals surface area contributed by atoms with E-state index in [1.807, 2.05) is 17.8 Å². The molecular formula is C13H20BrNS. The average molecular weight is 302 g/mol. The van der Waals surface area contributed by atoms with Crippen molar-refractivity contribution < 1.29 is 0 Å². The summed E-state index contributed by atoms with van der Waals surface area (Å²) in [6.07, 6.45) is 2.41. The van der Waals surface area contributed by atoms with Gasteiger partial charge in [-0.3, -0.25) is 0 Å². The summed E-state index contributed by atoms with van der Waals surface area (Å²) < 4.78 is 1.17. The Labute approximate surface area is 111 Å². The van der Waals surface area contributed by atoms with Gasteiger partial charge in [0.05, 0.1) is 0 Å². The van der Waals surface area contributed by atoms with E-state index in [4.69, 9.17) is 5.73 Å². The van der Waals surface area contributed by atoms with Crippen molar-refractivity contribution in [2.24, 2.45) is 11.7 Å². The molecule has 0 saturated carbocycles. The second-order valence-corrected chi connectivity index (χ2v) is 6.03. The van der Waals surface area contributed by atoms with Crippen LogP contribution in [0.4, 0.5) is 0 Å². The molecule has 0 aliphatic rings. The maximum absolute atomic E-state index is 5.89. The molecule has 1 unspecified atom stereocenters. The van der Waals surface area contributed by atoms with E-state index in [2.05, 4.69) is 48.0 Å². The third kappa shape index (κ3) is 3.79. The zero-order valence-electron chi connectivity index (χ0n) is 9.95. The van der Waals surface area contributed by atoms with Crippen LogP contribution in [0.15, 0.2) is 33.6 Å². The highest BCUT2D eigenvalue weighted by molar-refractivity contribution is 9.10. The summed E-state index contributed by atoms with van der Waals surface area (Å²) in [7, 11) is 0. The van der Waals surface area contributed by atoms with Crippen LogP contribution in [0.1, 0.15) is 26.7 Å². The molecule has 0 fully saturated rings. The molecule has 1 atom stereocenters. The molecule has 0 amide bonds. The van der Waals surface area contributed by atoms with Crippen molar-refractivity contribution in [1.29, 1.82) is 0 Å². The maximum atomic E-state index is 5.89. The largest absolute Gasteiger partial charge is 0.329 e. The summed E-state index contributed by atoms with van der Waals surface area (Å²) in [5, 5.41) is 0.522. The molecule has 2 N–H and O–H groups in total. The Morgan fingerprint density at radius 2 is 1.88 bits per heavy atom. The van der Waals surface area contributed by atoms with Crippen LogP contribution in [-0.2, 0) is 0 Å². The Morgan fingerprint density at radius 1 is 1.25 bits per heavy atom. The zero-order chi connectivity index (χ0) is 12.0. The fourth-order valence-corrected chi connectivity index (χ4v) is 3.76. The van der Waals surface area contributed by atoms with Gasteiger partial charge < -0.3 is 5.73 Å². The van der Waals surface area contributed by atoms with E-state index in [0.29, 0.717) is 11.2 Å². The van der Waals surface area contributed by atoms with Crippen molar-refractivity contribution in [1.82, 2.24) is 0 Å².